The average Bonchev–Trinajstić information content (AvgIpc) is 3.05. The summed E-state index contributed by atoms with van der Waals surface area (Å²) in [6.45, 7) is 0. The minimum Gasteiger partial charge on any atom is -0.378 e. The van der Waals surface area contributed by atoms with Crippen LogP contribution < -0.4 is 9.80 Å². The summed E-state index contributed by atoms with van der Waals surface area (Å²) in [5, 5.41) is 0.548. The zero-order chi connectivity index (χ0) is 21.3. The number of rotatable bonds is 4. The lowest BCUT2D eigenvalue weighted by Gasteiger charge is -2.19. The van der Waals surface area contributed by atoms with Gasteiger partial charge in [-0.3, -0.25) is 9.69 Å². The zero-order valence-corrected chi connectivity index (χ0v) is 17.3. The Morgan fingerprint density at radius 3 is 2.27 bits per heavy atom. The van der Waals surface area contributed by atoms with E-state index < -0.39 is 5.82 Å². The largest absolute Gasteiger partial charge is 0.378 e. The monoisotopic (exact) mass is 419 g/mol. The molecule has 3 aromatic rings. The van der Waals surface area contributed by atoms with Crippen molar-refractivity contribution < 1.29 is 9.18 Å². The number of carbonyl (C=O) groups is 1. The molecule has 0 saturated heterocycles. The van der Waals surface area contributed by atoms with Crippen molar-refractivity contribution in [1.82, 2.24) is 0 Å². The first-order valence-electron chi connectivity index (χ1n) is 9.37. The molecule has 3 aromatic carbocycles. The van der Waals surface area contributed by atoms with Crippen LogP contribution in [0.15, 0.2) is 83.5 Å². The van der Waals surface area contributed by atoms with Crippen molar-refractivity contribution in [2.24, 2.45) is 4.99 Å². The summed E-state index contributed by atoms with van der Waals surface area (Å²) >= 11 is 6.00. The molecular formula is C24H19ClFN3O. The molecule has 0 saturated carbocycles. The minimum absolute atomic E-state index is 0.237. The van der Waals surface area contributed by atoms with Crippen LogP contribution in [0.25, 0.3) is 6.08 Å². The number of amidine groups is 1. The lowest BCUT2D eigenvalue weighted by molar-refractivity contribution is -0.113. The summed E-state index contributed by atoms with van der Waals surface area (Å²) in [6.07, 6.45) is 1.71. The maximum atomic E-state index is 14.5. The molecule has 0 N–H and O–H groups in total. The zero-order valence-electron chi connectivity index (χ0n) is 16.5. The van der Waals surface area contributed by atoms with Gasteiger partial charge in [-0.2, -0.15) is 0 Å². The summed E-state index contributed by atoms with van der Waals surface area (Å²) in [7, 11) is 3.92. The highest BCUT2D eigenvalue weighted by molar-refractivity contribution is 6.34. The van der Waals surface area contributed by atoms with Crippen LogP contribution in [-0.4, -0.2) is 25.8 Å². The second-order valence-electron chi connectivity index (χ2n) is 7.05. The molecule has 1 aliphatic rings. The Kier molecular flexibility index (Phi) is 5.38. The van der Waals surface area contributed by atoms with Crippen molar-refractivity contribution in [1.29, 1.82) is 0 Å². The predicted molar refractivity (Wildman–Crippen MR) is 121 cm³/mol. The second kappa shape index (κ2) is 8.13. The number of halogens is 2. The smallest absolute Gasteiger partial charge is 0.282 e. The highest BCUT2D eigenvalue weighted by Gasteiger charge is 2.33. The number of amides is 1. The van der Waals surface area contributed by atoms with Gasteiger partial charge in [0.25, 0.3) is 5.91 Å². The molecule has 0 atom stereocenters. The fraction of sp³-hybridized carbons (Fsp3) is 0.0833. The van der Waals surface area contributed by atoms with Crippen molar-refractivity contribution >= 4 is 40.8 Å². The number of aliphatic imine (C=N–C) groups is 1. The summed E-state index contributed by atoms with van der Waals surface area (Å²) in [6, 6.07) is 20.8. The van der Waals surface area contributed by atoms with Gasteiger partial charge in [0.2, 0.25) is 0 Å². The first-order valence-corrected chi connectivity index (χ1v) is 9.74. The molecule has 6 heteroatoms. The van der Waals surface area contributed by atoms with Crippen LogP contribution in [0.1, 0.15) is 11.1 Å². The number of nitrogens with zero attached hydrogens (tertiary/aromatic N) is 3. The van der Waals surface area contributed by atoms with Crippen molar-refractivity contribution in [2.75, 3.05) is 23.9 Å². The van der Waals surface area contributed by atoms with Gasteiger partial charge in [-0.1, -0.05) is 35.9 Å². The molecule has 0 aliphatic carbocycles. The molecule has 0 spiro atoms. The third-order valence-corrected chi connectivity index (χ3v) is 5.02. The van der Waals surface area contributed by atoms with Gasteiger partial charge in [0.15, 0.2) is 5.84 Å². The highest BCUT2D eigenvalue weighted by Crippen LogP contribution is 2.29. The number of anilines is 2. The van der Waals surface area contributed by atoms with Crippen molar-refractivity contribution in [3.05, 3.63) is 100 Å². The van der Waals surface area contributed by atoms with Gasteiger partial charge in [0.05, 0.1) is 11.3 Å². The molecule has 4 nitrogen and oxygen atoms in total. The molecular weight excluding hydrogens is 401 g/mol. The van der Waals surface area contributed by atoms with Crippen molar-refractivity contribution in [3.63, 3.8) is 0 Å². The van der Waals surface area contributed by atoms with Crippen LogP contribution in [0.4, 0.5) is 15.8 Å². The first kappa shape index (κ1) is 19.9. The Labute approximate surface area is 179 Å². The third kappa shape index (κ3) is 3.84. The van der Waals surface area contributed by atoms with Crippen LogP contribution >= 0.6 is 11.6 Å². The highest BCUT2D eigenvalue weighted by atomic mass is 35.5. The summed E-state index contributed by atoms with van der Waals surface area (Å²) in [5.74, 6) is -0.525. The molecule has 0 unspecified atom stereocenters. The first-order chi connectivity index (χ1) is 14.4. The maximum absolute atomic E-state index is 14.5. The van der Waals surface area contributed by atoms with Gasteiger partial charge < -0.3 is 4.90 Å². The van der Waals surface area contributed by atoms with Gasteiger partial charge in [-0.15, -0.1) is 0 Å². The van der Waals surface area contributed by atoms with E-state index in [-0.39, 0.29) is 23.0 Å². The minimum atomic E-state index is -0.445. The summed E-state index contributed by atoms with van der Waals surface area (Å²) < 4.78 is 14.5. The van der Waals surface area contributed by atoms with E-state index >= 15 is 0 Å². The normalized spacial score (nSPS) is 14.9. The topological polar surface area (TPSA) is 35.9 Å². The van der Waals surface area contributed by atoms with Gasteiger partial charge in [0.1, 0.15) is 11.5 Å². The van der Waals surface area contributed by atoms with Crippen LogP contribution in [-0.2, 0) is 4.79 Å². The maximum Gasteiger partial charge on any atom is 0.282 e. The van der Waals surface area contributed by atoms with E-state index in [1.54, 1.807) is 48.5 Å². The molecule has 0 aromatic heterocycles. The molecule has 1 amide bonds. The van der Waals surface area contributed by atoms with E-state index in [2.05, 4.69) is 4.99 Å². The van der Waals surface area contributed by atoms with Crippen molar-refractivity contribution in [3.8, 4) is 0 Å². The van der Waals surface area contributed by atoms with Crippen molar-refractivity contribution in [2.45, 2.75) is 0 Å². The van der Waals surface area contributed by atoms with Crippen LogP contribution in [0.5, 0.6) is 0 Å². The molecule has 1 heterocycles. The third-order valence-electron chi connectivity index (χ3n) is 4.77. The molecule has 4 rings (SSSR count). The Bertz CT molecular complexity index is 1150. The van der Waals surface area contributed by atoms with Gasteiger partial charge in [0, 0.05) is 24.8 Å². The standard InChI is InChI=1S/C24H19ClFN3O/c1-28(2)18-11-7-16(8-12-18)15-22-24(30)29(19-13-9-17(25)10-14-19)23(27-22)20-5-3-4-6-21(20)26/h3-15H,1-2H3/b22-15+. The number of hydrogen-bond acceptors (Lipinski definition) is 3. The number of benzene rings is 3. The van der Waals surface area contributed by atoms with Crippen LogP contribution in [0.2, 0.25) is 5.02 Å². The van der Waals surface area contributed by atoms with E-state index in [4.69, 9.17) is 11.6 Å². The molecule has 0 bridgehead atoms. The number of carbonyl (C=O) groups excluding carboxylic acids is 1. The molecule has 30 heavy (non-hydrogen) atoms. The number of hydrogen-bond donors (Lipinski definition) is 0. The van der Waals surface area contributed by atoms with E-state index in [1.807, 2.05) is 43.3 Å². The SMILES string of the molecule is CN(C)c1ccc(/C=C2/N=C(c3ccccc3F)N(c3ccc(Cl)cc3)C2=O)cc1. The average molecular weight is 420 g/mol. The second-order valence-corrected chi connectivity index (χ2v) is 7.48. The van der Waals surface area contributed by atoms with E-state index in [9.17, 15) is 9.18 Å². The van der Waals surface area contributed by atoms with E-state index in [0.29, 0.717) is 10.7 Å². The van der Waals surface area contributed by atoms with Gasteiger partial charge in [-0.05, 0) is 60.2 Å². The summed E-state index contributed by atoms with van der Waals surface area (Å²) in [4.78, 5) is 21.2. The molecule has 0 radical (unpaired) electrons. The van der Waals surface area contributed by atoms with Gasteiger partial charge in [-0.25, -0.2) is 9.38 Å². The van der Waals surface area contributed by atoms with Crippen LogP contribution in [0.3, 0.4) is 0 Å². The Balaban J connectivity index is 1.79. The lowest BCUT2D eigenvalue weighted by Crippen LogP contribution is -2.33. The fourth-order valence-corrected chi connectivity index (χ4v) is 3.32. The molecule has 150 valence electrons. The van der Waals surface area contributed by atoms with Crippen LogP contribution in [0, 0.1) is 5.82 Å². The molecule has 1 aliphatic heterocycles. The Morgan fingerprint density at radius 1 is 0.967 bits per heavy atom. The molecule has 0 fully saturated rings. The Hall–Kier alpha value is -3.44. The Morgan fingerprint density at radius 2 is 1.63 bits per heavy atom. The van der Waals surface area contributed by atoms with E-state index in [0.717, 1.165) is 11.3 Å². The summed E-state index contributed by atoms with van der Waals surface area (Å²) in [5.41, 5.74) is 2.94. The fourth-order valence-electron chi connectivity index (χ4n) is 3.20. The van der Waals surface area contributed by atoms with Gasteiger partial charge >= 0.3 is 0 Å². The van der Waals surface area contributed by atoms with E-state index in [1.165, 1.54) is 11.0 Å². The lowest BCUT2D eigenvalue weighted by atomic mass is 10.1. The quantitative estimate of drug-likeness (QED) is 0.532. The predicted octanol–water partition coefficient (Wildman–Crippen LogP) is 5.38.